The zero-order valence-electron chi connectivity index (χ0n) is 12.0. The summed E-state index contributed by atoms with van der Waals surface area (Å²) >= 11 is 0. The van der Waals surface area contributed by atoms with E-state index >= 15 is 0 Å². The van der Waals surface area contributed by atoms with E-state index in [0.717, 1.165) is 26.2 Å². The molecule has 104 valence electrons. The Balaban J connectivity index is 2.62. The lowest BCUT2D eigenvalue weighted by Crippen LogP contribution is -2.40. The average molecular weight is 260 g/mol. The summed E-state index contributed by atoms with van der Waals surface area (Å²) in [6, 6.07) is 10.2. The Labute approximate surface area is 116 Å². The molecule has 0 radical (unpaired) electrons. The molecule has 3 nitrogen and oxygen atoms in total. The molecule has 0 heterocycles. The first-order valence-corrected chi connectivity index (χ1v) is 6.86. The lowest BCUT2D eigenvalue weighted by Gasteiger charge is -2.25. The van der Waals surface area contributed by atoms with Crippen LogP contribution < -0.4 is 0 Å². The second-order valence-corrected chi connectivity index (χ2v) is 4.51. The van der Waals surface area contributed by atoms with Crippen molar-refractivity contribution in [2.75, 3.05) is 26.2 Å². The Morgan fingerprint density at radius 2 is 1.84 bits per heavy atom. The van der Waals surface area contributed by atoms with E-state index in [4.69, 9.17) is 0 Å². The molecule has 0 aliphatic carbocycles. The van der Waals surface area contributed by atoms with Gasteiger partial charge in [-0.1, -0.05) is 36.4 Å². The highest BCUT2D eigenvalue weighted by Gasteiger charge is 2.14. The van der Waals surface area contributed by atoms with E-state index in [9.17, 15) is 4.79 Å². The van der Waals surface area contributed by atoms with Gasteiger partial charge in [-0.25, -0.2) is 0 Å². The lowest BCUT2D eigenvalue weighted by molar-refractivity contribution is -0.132. The molecule has 0 aliphatic heterocycles. The van der Waals surface area contributed by atoms with Gasteiger partial charge in [-0.3, -0.25) is 9.69 Å². The monoisotopic (exact) mass is 260 g/mol. The number of hydrogen-bond donors (Lipinski definition) is 0. The molecule has 0 aromatic heterocycles. The molecule has 19 heavy (non-hydrogen) atoms. The predicted molar refractivity (Wildman–Crippen MR) is 79.8 cm³/mol. The normalized spacial score (nSPS) is 10.5. The zero-order chi connectivity index (χ0) is 14.1. The number of amides is 1. The van der Waals surface area contributed by atoms with Crippen molar-refractivity contribution in [3.63, 3.8) is 0 Å². The molecule has 0 unspecified atom stereocenters. The average Bonchev–Trinajstić information content (AvgIpc) is 2.41. The van der Waals surface area contributed by atoms with Gasteiger partial charge in [-0.15, -0.1) is 6.58 Å². The number of benzene rings is 1. The minimum Gasteiger partial charge on any atom is -0.342 e. The van der Waals surface area contributed by atoms with Gasteiger partial charge in [-0.05, 0) is 19.4 Å². The number of likely N-dealkylation sites (N-methyl/N-ethyl adjacent to an activating group) is 1. The fraction of sp³-hybridized carbons (Fsp3) is 0.438. The molecule has 0 saturated carbocycles. The number of hydrogen-bond acceptors (Lipinski definition) is 2. The molecule has 1 aromatic rings. The maximum Gasteiger partial charge on any atom is 0.236 e. The predicted octanol–water partition coefficient (Wildman–Crippen LogP) is 2.54. The van der Waals surface area contributed by atoms with Crippen molar-refractivity contribution in [2.24, 2.45) is 0 Å². The number of nitrogens with zero attached hydrogens (tertiary/aromatic N) is 2. The van der Waals surface area contributed by atoms with E-state index in [1.807, 2.05) is 43.0 Å². The summed E-state index contributed by atoms with van der Waals surface area (Å²) in [5.74, 6) is 0.183. The van der Waals surface area contributed by atoms with Gasteiger partial charge in [-0.2, -0.15) is 0 Å². The van der Waals surface area contributed by atoms with Gasteiger partial charge in [0, 0.05) is 26.2 Å². The Kier molecular flexibility index (Phi) is 6.90. The van der Waals surface area contributed by atoms with E-state index in [1.54, 1.807) is 0 Å². The van der Waals surface area contributed by atoms with Crippen molar-refractivity contribution < 1.29 is 4.79 Å². The van der Waals surface area contributed by atoms with Gasteiger partial charge in [0.15, 0.2) is 0 Å². The minimum absolute atomic E-state index is 0.183. The third-order valence-electron chi connectivity index (χ3n) is 3.11. The molecule has 0 N–H and O–H groups in total. The van der Waals surface area contributed by atoms with Crippen molar-refractivity contribution >= 4 is 5.91 Å². The van der Waals surface area contributed by atoms with E-state index in [0.29, 0.717) is 6.54 Å². The maximum absolute atomic E-state index is 12.1. The smallest absolute Gasteiger partial charge is 0.236 e. The first-order valence-electron chi connectivity index (χ1n) is 6.86. The van der Waals surface area contributed by atoms with Gasteiger partial charge < -0.3 is 4.90 Å². The summed E-state index contributed by atoms with van der Waals surface area (Å²) in [7, 11) is 0. The van der Waals surface area contributed by atoms with Crippen LogP contribution in [0, 0.1) is 0 Å². The molecular weight excluding hydrogens is 236 g/mol. The maximum atomic E-state index is 12.1. The van der Waals surface area contributed by atoms with E-state index < -0.39 is 0 Å². The van der Waals surface area contributed by atoms with Crippen LogP contribution in [-0.2, 0) is 11.3 Å². The molecule has 1 aromatic carbocycles. The lowest BCUT2D eigenvalue weighted by atomic mass is 10.2. The summed E-state index contributed by atoms with van der Waals surface area (Å²) in [6.07, 6.45) is 1.85. The second kappa shape index (κ2) is 8.48. The van der Waals surface area contributed by atoms with Crippen LogP contribution in [0.1, 0.15) is 19.4 Å². The van der Waals surface area contributed by atoms with E-state index in [-0.39, 0.29) is 5.91 Å². The molecule has 3 heteroatoms. The van der Waals surface area contributed by atoms with E-state index in [2.05, 4.69) is 23.6 Å². The SMILES string of the molecule is C=CCN(CC(=O)N(CC)CC)Cc1ccccc1. The second-order valence-electron chi connectivity index (χ2n) is 4.51. The number of rotatable bonds is 8. The minimum atomic E-state index is 0.183. The van der Waals surface area contributed by atoms with Crippen molar-refractivity contribution in [2.45, 2.75) is 20.4 Å². The first kappa shape index (κ1) is 15.4. The standard InChI is InChI=1S/C16H24N2O/c1-4-12-17(13-15-10-8-7-9-11-15)14-16(19)18(5-2)6-3/h4,7-11H,1,5-6,12-14H2,2-3H3. The summed E-state index contributed by atoms with van der Waals surface area (Å²) in [6.45, 7) is 11.3. The van der Waals surface area contributed by atoms with Crippen LogP contribution in [0.15, 0.2) is 43.0 Å². The number of carbonyl (C=O) groups excluding carboxylic acids is 1. The van der Waals surface area contributed by atoms with Crippen LogP contribution in [0.4, 0.5) is 0 Å². The number of carbonyl (C=O) groups is 1. The summed E-state index contributed by atoms with van der Waals surface area (Å²) in [4.78, 5) is 16.1. The van der Waals surface area contributed by atoms with Gasteiger partial charge in [0.25, 0.3) is 0 Å². The molecule has 0 aliphatic rings. The first-order chi connectivity index (χ1) is 9.21. The van der Waals surface area contributed by atoms with Gasteiger partial charge in [0.1, 0.15) is 0 Å². The third kappa shape index (κ3) is 5.26. The third-order valence-corrected chi connectivity index (χ3v) is 3.11. The highest BCUT2D eigenvalue weighted by atomic mass is 16.2. The van der Waals surface area contributed by atoms with Crippen molar-refractivity contribution in [3.8, 4) is 0 Å². The molecule has 0 spiro atoms. The van der Waals surface area contributed by atoms with Crippen LogP contribution in [0.25, 0.3) is 0 Å². The van der Waals surface area contributed by atoms with Crippen molar-refractivity contribution in [1.82, 2.24) is 9.80 Å². The fourth-order valence-corrected chi connectivity index (χ4v) is 2.08. The molecular formula is C16H24N2O. The highest BCUT2D eigenvalue weighted by molar-refractivity contribution is 5.78. The molecule has 0 fully saturated rings. The Hall–Kier alpha value is -1.61. The fourth-order valence-electron chi connectivity index (χ4n) is 2.08. The van der Waals surface area contributed by atoms with Gasteiger partial charge in [0.2, 0.25) is 5.91 Å². The summed E-state index contributed by atoms with van der Waals surface area (Å²) < 4.78 is 0. The van der Waals surface area contributed by atoms with Crippen LogP contribution in [0.5, 0.6) is 0 Å². The Bertz CT molecular complexity index is 385. The van der Waals surface area contributed by atoms with Gasteiger partial charge in [0.05, 0.1) is 6.54 Å². The molecule has 0 bridgehead atoms. The summed E-state index contributed by atoms with van der Waals surface area (Å²) in [5.41, 5.74) is 1.22. The van der Waals surface area contributed by atoms with E-state index in [1.165, 1.54) is 5.56 Å². The Morgan fingerprint density at radius 3 is 2.37 bits per heavy atom. The van der Waals surface area contributed by atoms with Crippen molar-refractivity contribution in [3.05, 3.63) is 48.6 Å². The molecule has 1 amide bonds. The van der Waals surface area contributed by atoms with Crippen LogP contribution in [0.3, 0.4) is 0 Å². The Morgan fingerprint density at radius 1 is 1.21 bits per heavy atom. The topological polar surface area (TPSA) is 23.6 Å². The largest absolute Gasteiger partial charge is 0.342 e. The molecule has 0 atom stereocenters. The highest BCUT2D eigenvalue weighted by Crippen LogP contribution is 2.05. The van der Waals surface area contributed by atoms with Crippen LogP contribution in [-0.4, -0.2) is 41.9 Å². The molecule has 0 saturated heterocycles. The quantitative estimate of drug-likeness (QED) is 0.671. The molecule has 1 rings (SSSR count). The van der Waals surface area contributed by atoms with Crippen molar-refractivity contribution in [1.29, 1.82) is 0 Å². The van der Waals surface area contributed by atoms with Crippen LogP contribution >= 0.6 is 0 Å². The van der Waals surface area contributed by atoms with Gasteiger partial charge >= 0.3 is 0 Å². The van der Waals surface area contributed by atoms with Crippen LogP contribution in [0.2, 0.25) is 0 Å². The summed E-state index contributed by atoms with van der Waals surface area (Å²) in [5, 5.41) is 0. The zero-order valence-corrected chi connectivity index (χ0v) is 12.0.